The van der Waals surface area contributed by atoms with Gasteiger partial charge in [-0.05, 0) is 31.8 Å². The maximum absolute atomic E-state index is 11.7. The van der Waals surface area contributed by atoms with E-state index in [9.17, 15) is 8.42 Å². The molecule has 0 radical (unpaired) electrons. The van der Waals surface area contributed by atoms with Crippen molar-refractivity contribution in [1.82, 2.24) is 10.2 Å². The van der Waals surface area contributed by atoms with Gasteiger partial charge in [0, 0.05) is 19.1 Å². The lowest BCUT2D eigenvalue weighted by molar-refractivity contribution is 0.193. The lowest BCUT2D eigenvalue weighted by atomic mass is 10.1. The average molecular weight is 290 g/mol. The maximum Gasteiger partial charge on any atom is 0.151 e. The Bertz CT molecular complexity index is 341. The molecule has 1 aliphatic heterocycles. The van der Waals surface area contributed by atoms with Crippen LogP contribution in [0.15, 0.2) is 0 Å². The van der Waals surface area contributed by atoms with Gasteiger partial charge in [-0.3, -0.25) is 4.90 Å². The van der Waals surface area contributed by atoms with E-state index in [0.717, 1.165) is 38.9 Å². The number of sulfone groups is 1. The van der Waals surface area contributed by atoms with Gasteiger partial charge in [-0.2, -0.15) is 0 Å². The van der Waals surface area contributed by atoms with E-state index < -0.39 is 9.84 Å². The second-order valence-electron chi connectivity index (χ2n) is 6.04. The summed E-state index contributed by atoms with van der Waals surface area (Å²) in [5, 5.41) is 3.52. The fraction of sp³-hybridized carbons (Fsp3) is 1.00. The van der Waals surface area contributed by atoms with E-state index in [1.165, 1.54) is 0 Å². The molecule has 114 valence electrons. The molecule has 0 aromatic rings. The molecule has 1 saturated heterocycles. The number of rotatable bonds is 7. The molecule has 0 bridgehead atoms. The van der Waals surface area contributed by atoms with Gasteiger partial charge in [-0.1, -0.05) is 27.2 Å². The first kappa shape index (κ1) is 16.9. The largest absolute Gasteiger partial charge is 0.315 e. The smallest absolute Gasteiger partial charge is 0.151 e. The Balaban J connectivity index is 2.50. The zero-order chi connectivity index (χ0) is 14.3. The summed E-state index contributed by atoms with van der Waals surface area (Å²) in [7, 11) is -2.80. The Morgan fingerprint density at radius 3 is 2.53 bits per heavy atom. The minimum Gasteiger partial charge on any atom is -0.315 e. The van der Waals surface area contributed by atoms with Gasteiger partial charge >= 0.3 is 0 Å². The van der Waals surface area contributed by atoms with Gasteiger partial charge in [0.15, 0.2) is 9.84 Å². The number of hydrogen-bond donors (Lipinski definition) is 1. The molecule has 4 nitrogen and oxygen atoms in total. The van der Waals surface area contributed by atoms with Crippen molar-refractivity contribution in [3.63, 3.8) is 0 Å². The molecule has 1 N–H and O–H groups in total. The molecule has 1 unspecified atom stereocenters. The van der Waals surface area contributed by atoms with Gasteiger partial charge in [0.2, 0.25) is 0 Å². The van der Waals surface area contributed by atoms with Gasteiger partial charge < -0.3 is 5.32 Å². The summed E-state index contributed by atoms with van der Waals surface area (Å²) in [6.07, 6.45) is 3.08. The van der Waals surface area contributed by atoms with Crippen LogP contribution in [0.1, 0.15) is 40.0 Å². The standard InChI is InChI=1S/C14H30N2O2S/c1-4-6-14(12-15-11-13(2)3)16-7-5-9-19(17,18)10-8-16/h13-15H,4-12H2,1-3H3. The van der Waals surface area contributed by atoms with Crippen molar-refractivity contribution < 1.29 is 8.42 Å². The molecule has 0 spiro atoms. The molecule has 0 amide bonds. The third-order valence-corrected chi connectivity index (χ3v) is 5.38. The topological polar surface area (TPSA) is 49.4 Å². The maximum atomic E-state index is 11.7. The second kappa shape index (κ2) is 8.22. The van der Waals surface area contributed by atoms with E-state index in [0.29, 0.717) is 30.0 Å². The van der Waals surface area contributed by atoms with Crippen LogP contribution < -0.4 is 5.32 Å². The van der Waals surface area contributed by atoms with Crippen molar-refractivity contribution in [2.75, 3.05) is 37.7 Å². The summed E-state index contributed by atoms with van der Waals surface area (Å²) in [5.41, 5.74) is 0. The van der Waals surface area contributed by atoms with Gasteiger partial charge in [0.1, 0.15) is 0 Å². The first-order valence-electron chi connectivity index (χ1n) is 7.59. The van der Waals surface area contributed by atoms with Crippen molar-refractivity contribution in [3.8, 4) is 0 Å². The third-order valence-electron chi connectivity index (χ3n) is 3.66. The SMILES string of the molecule is CCCC(CNCC(C)C)N1CCCS(=O)(=O)CC1. The van der Waals surface area contributed by atoms with E-state index in [-0.39, 0.29) is 0 Å². The molecule has 1 heterocycles. The highest BCUT2D eigenvalue weighted by atomic mass is 32.2. The fourth-order valence-electron chi connectivity index (χ4n) is 2.61. The van der Waals surface area contributed by atoms with Gasteiger partial charge in [0.25, 0.3) is 0 Å². The highest BCUT2D eigenvalue weighted by Crippen LogP contribution is 2.12. The Hall–Kier alpha value is -0.130. The summed E-state index contributed by atoms with van der Waals surface area (Å²) in [5.74, 6) is 1.35. The molecule has 1 rings (SSSR count). The van der Waals surface area contributed by atoms with Crippen LogP contribution in [-0.4, -0.2) is 57.0 Å². The Morgan fingerprint density at radius 1 is 1.16 bits per heavy atom. The summed E-state index contributed by atoms with van der Waals surface area (Å²) in [6.45, 7) is 10.3. The van der Waals surface area contributed by atoms with Crippen LogP contribution in [0.25, 0.3) is 0 Å². The zero-order valence-corrected chi connectivity index (χ0v) is 13.5. The molecule has 0 aromatic heterocycles. The lowest BCUT2D eigenvalue weighted by Gasteiger charge is -2.30. The molecule has 1 aliphatic rings. The van der Waals surface area contributed by atoms with Crippen molar-refractivity contribution in [3.05, 3.63) is 0 Å². The summed E-state index contributed by atoms with van der Waals surface area (Å²) in [6, 6.07) is 0.483. The van der Waals surface area contributed by atoms with E-state index in [2.05, 4.69) is 31.0 Å². The lowest BCUT2D eigenvalue weighted by Crippen LogP contribution is -2.44. The van der Waals surface area contributed by atoms with Gasteiger partial charge in [-0.15, -0.1) is 0 Å². The summed E-state index contributed by atoms with van der Waals surface area (Å²) >= 11 is 0. The highest BCUT2D eigenvalue weighted by molar-refractivity contribution is 7.91. The Labute approximate surface area is 118 Å². The number of nitrogens with zero attached hydrogens (tertiary/aromatic N) is 1. The van der Waals surface area contributed by atoms with E-state index >= 15 is 0 Å². The van der Waals surface area contributed by atoms with Crippen LogP contribution in [0, 0.1) is 5.92 Å². The first-order valence-corrected chi connectivity index (χ1v) is 9.42. The first-order chi connectivity index (χ1) is 8.94. The van der Waals surface area contributed by atoms with Crippen LogP contribution in [0.4, 0.5) is 0 Å². The zero-order valence-electron chi connectivity index (χ0n) is 12.7. The number of hydrogen-bond acceptors (Lipinski definition) is 4. The molecular weight excluding hydrogens is 260 g/mol. The van der Waals surface area contributed by atoms with Crippen LogP contribution in [0.2, 0.25) is 0 Å². The summed E-state index contributed by atoms with van der Waals surface area (Å²) in [4.78, 5) is 2.38. The van der Waals surface area contributed by atoms with Crippen molar-refractivity contribution >= 4 is 9.84 Å². The molecule has 0 saturated carbocycles. The fourth-order valence-corrected chi connectivity index (χ4v) is 3.89. The third kappa shape index (κ3) is 6.72. The van der Waals surface area contributed by atoms with Crippen LogP contribution in [-0.2, 0) is 9.84 Å². The van der Waals surface area contributed by atoms with E-state index in [4.69, 9.17) is 0 Å². The van der Waals surface area contributed by atoms with Crippen LogP contribution in [0.5, 0.6) is 0 Å². The molecule has 0 aliphatic carbocycles. The highest BCUT2D eigenvalue weighted by Gasteiger charge is 2.24. The average Bonchev–Trinajstić information content (AvgIpc) is 2.49. The van der Waals surface area contributed by atoms with Crippen molar-refractivity contribution in [1.29, 1.82) is 0 Å². The van der Waals surface area contributed by atoms with E-state index in [1.54, 1.807) is 0 Å². The van der Waals surface area contributed by atoms with E-state index in [1.807, 2.05) is 0 Å². The predicted molar refractivity (Wildman–Crippen MR) is 81.2 cm³/mol. The number of nitrogens with one attached hydrogen (secondary N) is 1. The Morgan fingerprint density at radius 2 is 1.89 bits per heavy atom. The molecule has 0 aromatic carbocycles. The molecule has 5 heteroatoms. The molecule has 1 atom stereocenters. The Kier molecular flexibility index (Phi) is 7.32. The van der Waals surface area contributed by atoms with Gasteiger partial charge in [-0.25, -0.2) is 8.42 Å². The van der Waals surface area contributed by atoms with Crippen molar-refractivity contribution in [2.24, 2.45) is 5.92 Å². The predicted octanol–water partition coefficient (Wildman–Crippen LogP) is 1.52. The molecular formula is C14H30N2O2S. The quantitative estimate of drug-likeness (QED) is 0.772. The second-order valence-corrected chi connectivity index (χ2v) is 8.34. The minimum absolute atomic E-state index is 0.331. The van der Waals surface area contributed by atoms with Crippen molar-refractivity contribution in [2.45, 2.75) is 46.1 Å². The monoisotopic (exact) mass is 290 g/mol. The van der Waals surface area contributed by atoms with Crippen LogP contribution >= 0.6 is 0 Å². The minimum atomic E-state index is -2.80. The van der Waals surface area contributed by atoms with Gasteiger partial charge in [0.05, 0.1) is 11.5 Å². The summed E-state index contributed by atoms with van der Waals surface area (Å²) < 4.78 is 23.3. The molecule has 19 heavy (non-hydrogen) atoms. The van der Waals surface area contributed by atoms with Crippen LogP contribution in [0.3, 0.4) is 0 Å². The normalized spacial score (nSPS) is 22.3. The molecule has 1 fully saturated rings.